The van der Waals surface area contributed by atoms with Gasteiger partial charge in [0.05, 0.1) is 11.6 Å². The lowest BCUT2D eigenvalue weighted by Gasteiger charge is -2.34. The maximum atomic E-state index is 11.4. The molecule has 2 atom stereocenters. The third-order valence-electron chi connectivity index (χ3n) is 4.10. The summed E-state index contributed by atoms with van der Waals surface area (Å²) in [4.78, 5) is 4.47. The first-order valence-electron chi connectivity index (χ1n) is 7.54. The van der Waals surface area contributed by atoms with Crippen LogP contribution in [0.4, 0.5) is 0 Å². The molecular weight excluding hydrogens is 306 g/mol. The van der Waals surface area contributed by atoms with Gasteiger partial charge in [-0.25, -0.2) is 0 Å². The highest BCUT2D eigenvalue weighted by Gasteiger charge is 2.38. The Bertz CT molecular complexity index is 732. The third kappa shape index (κ3) is 3.14. The molecule has 3 rings (SSSR count). The number of benzene rings is 2. The number of hydrogen-bond acceptors (Lipinski definition) is 2. The van der Waals surface area contributed by atoms with E-state index in [1.165, 1.54) is 0 Å². The summed E-state index contributed by atoms with van der Waals surface area (Å²) < 4.78 is 0. The number of hydrogen-bond donors (Lipinski definition) is 1. The molecule has 0 saturated heterocycles. The Morgan fingerprint density at radius 3 is 2.22 bits per heavy atom. The molecule has 2 aromatic carbocycles. The summed E-state index contributed by atoms with van der Waals surface area (Å²) in [5.41, 5.74) is 1.31. The molecule has 1 aromatic heterocycles. The zero-order valence-electron chi connectivity index (χ0n) is 12.9. The summed E-state index contributed by atoms with van der Waals surface area (Å²) >= 11 is 6.35. The third-order valence-corrected chi connectivity index (χ3v) is 4.43. The van der Waals surface area contributed by atoms with Gasteiger partial charge in [0.15, 0.2) is 0 Å². The van der Waals surface area contributed by atoms with Crippen molar-refractivity contribution in [3.05, 3.63) is 101 Å². The molecule has 0 amide bonds. The van der Waals surface area contributed by atoms with Crippen LogP contribution in [0.2, 0.25) is 5.02 Å². The van der Waals surface area contributed by atoms with Crippen molar-refractivity contribution >= 4 is 11.6 Å². The molecule has 2 nitrogen and oxygen atoms in total. The quantitative estimate of drug-likeness (QED) is 0.750. The van der Waals surface area contributed by atoms with E-state index in [1.54, 1.807) is 19.2 Å². The minimum atomic E-state index is -1.19. The van der Waals surface area contributed by atoms with Gasteiger partial charge in [0.25, 0.3) is 0 Å². The molecule has 0 saturated carbocycles. The maximum absolute atomic E-state index is 11.4. The van der Waals surface area contributed by atoms with Crippen LogP contribution in [0.5, 0.6) is 0 Å². The second-order valence-electron chi connectivity index (χ2n) is 5.73. The highest BCUT2D eigenvalue weighted by atomic mass is 35.5. The predicted molar refractivity (Wildman–Crippen MR) is 93.5 cm³/mol. The van der Waals surface area contributed by atoms with Crippen LogP contribution in [0.3, 0.4) is 0 Å². The van der Waals surface area contributed by atoms with Crippen molar-refractivity contribution in [2.24, 2.45) is 0 Å². The van der Waals surface area contributed by atoms with E-state index in [-0.39, 0.29) is 5.92 Å². The fraction of sp³-hybridized carbons (Fsp3) is 0.150. The minimum absolute atomic E-state index is 0.315. The summed E-state index contributed by atoms with van der Waals surface area (Å²) in [5, 5.41) is 12.0. The Morgan fingerprint density at radius 1 is 0.913 bits per heavy atom. The normalized spacial score (nSPS) is 14.9. The lowest BCUT2D eigenvalue weighted by Crippen LogP contribution is -2.32. The molecule has 0 aliphatic rings. The highest BCUT2D eigenvalue weighted by Crippen LogP contribution is 2.42. The molecule has 0 spiro atoms. The standard InChI is InChI=1S/C20H18ClNO/c1-20(23,16-11-5-6-12-17(16)21)19(15-9-3-2-4-10-15)18-13-7-8-14-22-18/h2-14,19,23H,1H3/t19-,20-/m1/s1. The van der Waals surface area contributed by atoms with E-state index in [9.17, 15) is 5.11 Å². The van der Waals surface area contributed by atoms with Crippen LogP contribution in [0.25, 0.3) is 0 Å². The number of halogens is 1. The molecule has 1 N–H and O–H groups in total. The number of pyridine rings is 1. The molecule has 3 aromatic rings. The summed E-state index contributed by atoms with van der Waals surface area (Å²) in [6.07, 6.45) is 1.74. The molecule has 1 heterocycles. The topological polar surface area (TPSA) is 33.1 Å². The zero-order valence-corrected chi connectivity index (χ0v) is 13.6. The van der Waals surface area contributed by atoms with Crippen molar-refractivity contribution in [1.29, 1.82) is 0 Å². The van der Waals surface area contributed by atoms with Gasteiger partial charge < -0.3 is 5.11 Å². The monoisotopic (exact) mass is 323 g/mol. The zero-order chi connectivity index (χ0) is 16.3. The lowest BCUT2D eigenvalue weighted by atomic mass is 9.76. The van der Waals surface area contributed by atoms with E-state index in [0.717, 1.165) is 11.3 Å². The van der Waals surface area contributed by atoms with E-state index in [0.29, 0.717) is 10.6 Å². The van der Waals surface area contributed by atoms with Crippen LogP contribution in [0.1, 0.15) is 29.7 Å². The molecule has 116 valence electrons. The maximum Gasteiger partial charge on any atom is 0.101 e. The van der Waals surface area contributed by atoms with E-state index in [2.05, 4.69) is 4.98 Å². The molecule has 0 aliphatic heterocycles. The first kappa shape index (κ1) is 15.7. The van der Waals surface area contributed by atoms with Crippen molar-refractivity contribution in [3.8, 4) is 0 Å². The van der Waals surface area contributed by atoms with Crippen molar-refractivity contribution in [1.82, 2.24) is 4.98 Å². The van der Waals surface area contributed by atoms with Crippen LogP contribution >= 0.6 is 11.6 Å². The van der Waals surface area contributed by atoms with Crippen molar-refractivity contribution in [3.63, 3.8) is 0 Å². The smallest absolute Gasteiger partial charge is 0.101 e. The van der Waals surface area contributed by atoms with Gasteiger partial charge in [0.2, 0.25) is 0 Å². The summed E-state index contributed by atoms with van der Waals surface area (Å²) in [6.45, 7) is 1.79. The van der Waals surface area contributed by atoms with Crippen LogP contribution < -0.4 is 0 Å². The molecular formula is C20H18ClNO. The Hall–Kier alpha value is -2.16. The van der Waals surface area contributed by atoms with Gasteiger partial charge in [-0.15, -0.1) is 0 Å². The Balaban J connectivity index is 2.18. The molecule has 23 heavy (non-hydrogen) atoms. The molecule has 0 bridgehead atoms. The molecule has 0 fully saturated rings. The predicted octanol–water partition coefficient (Wildman–Crippen LogP) is 4.77. The number of nitrogens with zero attached hydrogens (tertiary/aromatic N) is 1. The summed E-state index contributed by atoms with van der Waals surface area (Å²) in [7, 11) is 0. The van der Waals surface area contributed by atoms with Gasteiger partial charge in [-0.1, -0.05) is 66.2 Å². The molecule has 3 heteroatoms. The van der Waals surface area contributed by atoms with Gasteiger partial charge in [0.1, 0.15) is 5.60 Å². The Morgan fingerprint density at radius 2 is 1.57 bits per heavy atom. The van der Waals surface area contributed by atoms with E-state index >= 15 is 0 Å². The number of aliphatic hydroxyl groups is 1. The number of rotatable bonds is 4. The summed E-state index contributed by atoms with van der Waals surface area (Å²) in [5.74, 6) is -0.315. The Labute approximate surface area is 141 Å². The first-order chi connectivity index (χ1) is 11.1. The minimum Gasteiger partial charge on any atom is -0.384 e. The average molecular weight is 324 g/mol. The fourth-order valence-electron chi connectivity index (χ4n) is 3.00. The van der Waals surface area contributed by atoms with E-state index in [4.69, 9.17) is 11.6 Å². The second-order valence-corrected chi connectivity index (χ2v) is 6.13. The van der Waals surface area contributed by atoms with Gasteiger partial charge >= 0.3 is 0 Å². The van der Waals surface area contributed by atoms with Crippen LogP contribution in [-0.2, 0) is 5.60 Å². The van der Waals surface area contributed by atoms with Gasteiger partial charge in [-0.05, 0) is 30.7 Å². The molecule has 0 radical (unpaired) electrons. The molecule has 0 unspecified atom stereocenters. The first-order valence-corrected chi connectivity index (χ1v) is 7.92. The second kappa shape index (κ2) is 6.53. The van der Waals surface area contributed by atoms with Crippen molar-refractivity contribution in [2.75, 3.05) is 0 Å². The fourth-order valence-corrected chi connectivity index (χ4v) is 3.33. The highest BCUT2D eigenvalue weighted by molar-refractivity contribution is 6.31. The Kier molecular flexibility index (Phi) is 4.46. The van der Waals surface area contributed by atoms with E-state index in [1.807, 2.05) is 66.7 Å². The van der Waals surface area contributed by atoms with Gasteiger partial charge in [0, 0.05) is 16.8 Å². The van der Waals surface area contributed by atoms with Crippen LogP contribution in [0, 0.1) is 0 Å². The van der Waals surface area contributed by atoms with Crippen LogP contribution in [-0.4, -0.2) is 10.1 Å². The average Bonchev–Trinajstić information content (AvgIpc) is 2.57. The van der Waals surface area contributed by atoms with Crippen molar-refractivity contribution in [2.45, 2.75) is 18.4 Å². The largest absolute Gasteiger partial charge is 0.384 e. The summed E-state index contributed by atoms with van der Waals surface area (Å²) in [6, 6.07) is 23.0. The van der Waals surface area contributed by atoms with Crippen LogP contribution in [0.15, 0.2) is 79.0 Å². The lowest BCUT2D eigenvalue weighted by molar-refractivity contribution is 0.0381. The van der Waals surface area contributed by atoms with Gasteiger partial charge in [-0.3, -0.25) is 4.98 Å². The molecule has 0 aliphatic carbocycles. The van der Waals surface area contributed by atoms with Crippen molar-refractivity contribution < 1.29 is 5.11 Å². The SMILES string of the molecule is C[C@@](O)(c1ccccc1Cl)[C@H](c1ccccc1)c1ccccn1. The van der Waals surface area contributed by atoms with E-state index < -0.39 is 5.60 Å². The number of aromatic nitrogens is 1. The van der Waals surface area contributed by atoms with Gasteiger partial charge in [-0.2, -0.15) is 0 Å².